The van der Waals surface area contributed by atoms with Gasteiger partial charge < -0.3 is 29.4 Å². The second kappa shape index (κ2) is 9.03. The van der Waals surface area contributed by atoms with Gasteiger partial charge in [0.25, 0.3) is 5.91 Å². The number of fused-ring (bicyclic) bond motifs is 2. The minimum absolute atomic E-state index is 0.0130. The predicted molar refractivity (Wildman–Crippen MR) is 119 cm³/mol. The van der Waals surface area contributed by atoms with Crippen molar-refractivity contribution in [1.82, 2.24) is 20.7 Å². The maximum absolute atomic E-state index is 13.0. The molecule has 2 aromatic carbocycles. The molecule has 172 valence electrons. The zero-order chi connectivity index (χ0) is 22.8. The highest BCUT2D eigenvalue weighted by Crippen LogP contribution is 2.33. The number of carbonyl (C=O) groups excluding carboxylic acids is 2. The van der Waals surface area contributed by atoms with Crippen molar-refractivity contribution in [3.8, 4) is 17.2 Å². The van der Waals surface area contributed by atoms with Crippen LogP contribution < -0.4 is 25.0 Å². The van der Waals surface area contributed by atoms with Gasteiger partial charge in [0.05, 0.1) is 12.6 Å². The number of benzene rings is 2. The van der Waals surface area contributed by atoms with Gasteiger partial charge in [0, 0.05) is 18.9 Å². The summed E-state index contributed by atoms with van der Waals surface area (Å²) in [4.78, 5) is 27.0. The van der Waals surface area contributed by atoms with Gasteiger partial charge in [-0.25, -0.2) is 5.43 Å². The van der Waals surface area contributed by atoms with Crippen LogP contribution in [0.1, 0.15) is 30.5 Å². The Morgan fingerprint density at radius 2 is 1.97 bits per heavy atom. The van der Waals surface area contributed by atoms with Gasteiger partial charge in [-0.3, -0.25) is 9.59 Å². The van der Waals surface area contributed by atoms with Crippen LogP contribution in [0, 0.1) is 0 Å². The first-order valence-corrected chi connectivity index (χ1v) is 11.0. The van der Waals surface area contributed by atoms with E-state index in [0.717, 1.165) is 16.9 Å². The zero-order valence-corrected chi connectivity index (χ0v) is 18.3. The largest absolute Gasteiger partial charge is 0.494 e. The van der Waals surface area contributed by atoms with E-state index >= 15 is 0 Å². The molecule has 1 fully saturated rings. The first-order valence-electron chi connectivity index (χ1n) is 11.0. The van der Waals surface area contributed by atoms with E-state index in [4.69, 9.17) is 14.2 Å². The molecule has 3 aliphatic heterocycles. The normalized spacial score (nSPS) is 20.7. The number of rotatable bonds is 7. The molecule has 2 amide bonds. The van der Waals surface area contributed by atoms with Crippen molar-refractivity contribution in [3.05, 3.63) is 66.0 Å². The first kappa shape index (κ1) is 21.1. The SMILES string of the molecule is CCOc1ccc(C2CC3C(=O)N(CC(=O)NCc4ccc5c(c4)OCO5)C=CN3N2)cc1. The molecule has 9 heteroatoms. The molecule has 5 rings (SSSR count). The van der Waals surface area contributed by atoms with Gasteiger partial charge in [-0.15, -0.1) is 0 Å². The Kier molecular flexibility index (Phi) is 5.78. The molecule has 0 aromatic heterocycles. The van der Waals surface area contributed by atoms with Gasteiger partial charge in [-0.05, 0) is 48.7 Å². The number of hydrogen-bond donors (Lipinski definition) is 2. The third-order valence-corrected chi connectivity index (χ3v) is 5.91. The van der Waals surface area contributed by atoms with Crippen molar-refractivity contribution in [2.75, 3.05) is 19.9 Å². The molecule has 0 bridgehead atoms. The van der Waals surface area contributed by atoms with Crippen molar-refractivity contribution < 1.29 is 23.8 Å². The van der Waals surface area contributed by atoms with Crippen molar-refractivity contribution in [2.45, 2.75) is 32.0 Å². The quantitative estimate of drug-likeness (QED) is 0.667. The highest BCUT2D eigenvalue weighted by Gasteiger charge is 2.40. The summed E-state index contributed by atoms with van der Waals surface area (Å²) in [6, 6.07) is 13.1. The summed E-state index contributed by atoms with van der Waals surface area (Å²) in [5, 5.41) is 4.69. The maximum Gasteiger partial charge on any atom is 0.251 e. The van der Waals surface area contributed by atoms with E-state index in [1.165, 1.54) is 4.90 Å². The predicted octanol–water partition coefficient (Wildman–Crippen LogP) is 2.06. The Morgan fingerprint density at radius 3 is 2.79 bits per heavy atom. The monoisotopic (exact) mass is 450 g/mol. The number of hydrazine groups is 1. The lowest BCUT2D eigenvalue weighted by Crippen LogP contribution is -2.50. The zero-order valence-electron chi connectivity index (χ0n) is 18.3. The Hall–Kier alpha value is -3.72. The summed E-state index contributed by atoms with van der Waals surface area (Å²) in [5.41, 5.74) is 5.35. The van der Waals surface area contributed by atoms with E-state index in [9.17, 15) is 9.59 Å². The molecular formula is C24H26N4O5. The lowest BCUT2D eigenvalue weighted by Gasteiger charge is -2.31. The standard InChI is InChI=1S/C24H26N4O5/c1-2-31-18-6-4-17(5-7-18)19-12-20-24(30)27(9-10-28(20)26-19)14-23(29)25-13-16-3-8-21-22(11-16)33-15-32-21/h3-11,19-20,26H,2,12-15H2,1H3,(H,25,29). The van der Waals surface area contributed by atoms with Crippen molar-refractivity contribution in [3.63, 3.8) is 0 Å². The molecule has 2 N–H and O–H groups in total. The van der Waals surface area contributed by atoms with E-state index in [-0.39, 0.29) is 37.2 Å². The number of ether oxygens (including phenoxy) is 3. The summed E-state index contributed by atoms with van der Waals surface area (Å²) >= 11 is 0. The minimum atomic E-state index is -0.353. The number of amides is 2. The van der Waals surface area contributed by atoms with Gasteiger partial charge in [-0.1, -0.05) is 18.2 Å². The van der Waals surface area contributed by atoms with E-state index in [2.05, 4.69) is 10.7 Å². The topological polar surface area (TPSA) is 92.4 Å². The number of carbonyl (C=O) groups is 2. The van der Waals surface area contributed by atoms with Gasteiger partial charge in [0.1, 0.15) is 18.3 Å². The van der Waals surface area contributed by atoms with Crippen LogP contribution in [0.2, 0.25) is 0 Å². The Bertz CT molecular complexity index is 1070. The molecule has 33 heavy (non-hydrogen) atoms. The van der Waals surface area contributed by atoms with Crippen molar-refractivity contribution >= 4 is 11.8 Å². The maximum atomic E-state index is 13.0. The molecule has 2 unspecified atom stereocenters. The molecule has 3 aliphatic rings. The van der Waals surface area contributed by atoms with Crippen LogP contribution in [0.15, 0.2) is 54.9 Å². The van der Waals surface area contributed by atoms with Crippen LogP contribution in [0.4, 0.5) is 0 Å². The summed E-state index contributed by atoms with van der Waals surface area (Å²) in [6.45, 7) is 3.10. The molecule has 2 atom stereocenters. The summed E-state index contributed by atoms with van der Waals surface area (Å²) in [6.07, 6.45) is 4.07. The molecule has 9 nitrogen and oxygen atoms in total. The van der Waals surface area contributed by atoms with Crippen LogP contribution in [0.25, 0.3) is 0 Å². The molecule has 1 saturated heterocycles. The second-order valence-electron chi connectivity index (χ2n) is 8.07. The molecule has 2 aromatic rings. The third kappa shape index (κ3) is 4.45. The smallest absolute Gasteiger partial charge is 0.251 e. The third-order valence-electron chi connectivity index (χ3n) is 5.91. The fraction of sp³-hybridized carbons (Fsp3) is 0.333. The molecule has 0 aliphatic carbocycles. The molecule has 0 saturated carbocycles. The average molecular weight is 450 g/mol. The summed E-state index contributed by atoms with van der Waals surface area (Å²) in [5.74, 6) is 1.87. The molecule has 0 radical (unpaired) electrons. The van der Waals surface area contributed by atoms with Crippen LogP contribution in [0.3, 0.4) is 0 Å². The van der Waals surface area contributed by atoms with Gasteiger partial charge >= 0.3 is 0 Å². The summed E-state index contributed by atoms with van der Waals surface area (Å²) < 4.78 is 16.2. The average Bonchev–Trinajstić information content (AvgIpc) is 3.47. The van der Waals surface area contributed by atoms with Crippen LogP contribution in [-0.4, -0.2) is 47.7 Å². The molecule has 0 spiro atoms. The van der Waals surface area contributed by atoms with Crippen molar-refractivity contribution in [1.29, 1.82) is 0 Å². The first-order chi connectivity index (χ1) is 16.1. The number of hydrogen-bond acceptors (Lipinski definition) is 7. The Balaban J connectivity index is 1.15. The van der Waals surface area contributed by atoms with E-state index < -0.39 is 0 Å². The van der Waals surface area contributed by atoms with Gasteiger partial charge in [-0.2, -0.15) is 0 Å². The minimum Gasteiger partial charge on any atom is -0.494 e. The fourth-order valence-electron chi connectivity index (χ4n) is 4.21. The van der Waals surface area contributed by atoms with Crippen LogP contribution >= 0.6 is 0 Å². The highest BCUT2D eigenvalue weighted by atomic mass is 16.7. The van der Waals surface area contributed by atoms with E-state index in [0.29, 0.717) is 31.1 Å². The van der Waals surface area contributed by atoms with Crippen LogP contribution in [-0.2, 0) is 16.1 Å². The Morgan fingerprint density at radius 1 is 1.15 bits per heavy atom. The van der Waals surface area contributed by atoms with E-state index in [1.807, 2.05) is 60.6 Å². The van der Waals surface area contributed by atoms with Crippen LogP contribution in [0.5, 0.6) is 17.2 Å². The van der Waals surface area contributed by atoms with Crippen molar-refractivity contribution in [2.24, 2.45) is 0 Å². The molecule has 3 heterocycles. The van der Waals surface area contributed by atoms with Gasteiger partial charge in [0.15, 0.2) is 11.5 Å². The second-order valence-corrected chi connectivity index (χ2v) is 8.07. The number of nitrogens with zero attached hydrogens (tertiary/aromatic N) is 2. The lowest BCUT2D eigenvalue weighted by atomic mass is 10.0. The fourth-order valence-corrected chi connectivity index (χ4v) is 4.21. The molecular weight excluding hydrogens is 424 g/mol. The lowest BCUT2D eigenvalue weighted by molar-refractivity contribution is -0.138. The Labute approximate surface area is 191 Å². The highest BCUT2D eigenvalue weighted by molar-refractivity contribution is 5.89. The van der Waals surface area contributed by atoms with Gasteiger partial charge in [0.2, 0.25) is 12.7 Å². The number of nitrogens with one attached hydrogen (secondary N) is 2. The summed E-state index contributed by atoms with van der Waals surface area (Å²) in [7, 11) is 0. The van der Waals surface area contributed by atoms with E-state index in [1.54, 1.807) is 6.20 Å².